The minimum absolute atomic E-state index is 0.210. The molecule has 3 unspecified atom stereocenters. The highest BCUT2D eigenvalue weighted by atomic mass is 16.2. The molecular weight excluding hydrogens is 264 g/mol. The van der Waals surface area contributed by atoms with E-state index in [4.69, 9.17) is 0 Å². The van der Waals surface area contributed by atoms with Crippen molar-refractivity contribution in [2.45, 2.75) is 71.4 Å². The molecular formula is C16H26N4O. The highest BCUT2D eigenvalue weighted by Gasteiger charge is 2.30. The summed E-state index contributed by atoms with van der Waals surface area (Å²) in [6, 6.07) is 0.213. The van der Waals surface area contributed by atoms with Crippen molar-refractivity contribution in [2.24, 2.45) is 11.8 Å². The maximum absolute atomic E-state index is 12.5. The Labute approximate surface area is 126 Å². The standard InChI is InChI=1S/C16H26N4O/c1-3-14-18-15-9-8-12(10-20(15)19-14)17-16(21)13-7-5-4-6-11(13)2/h11-13H,3-10H2,1-2H3,(H,17,21). The minimum atomic E-state index is 0.210. The van der Waals surface area contributed by atoms with Crippen molar-refractivity contribution < 1.29 is 4.79 Å². The fraction of sp³-hybridized carbons (Fsp3) is 0.812. The molecule has 116 valence electrons. The molecule has 2 aliphatic rings. The van der Waals surface area contributed by atoms with Crippen LogP contribution in [-0.2, 0) is 24.2 Å². The Bertz CT molecular complexity index is 510. The fourth-order valence-electron chi connectivity index (χ4n) is 3.64. The Morgan fingerprint density at radius 3 is 2.90 bits per heavy atom. The van der Waals surface area contributed by atoms with Gasteiger partial charge >= 0.3 is 0 Å². The Kier molecular flexibility index (Phi) is 4.27. The van der Waals surface area contributed by atoms with E-state index < -0.39 is 0 Å². The van der Waals surface area contributed by atoms with Crippen molar-refractivity contribution in [1.29, 1.82) is 0 Å². The van der Waals surface area contributed by atoms with Crippen LogP contribution in [0.25, 0.3) is 0 Å². The Hall–Kier alpha value is -1.39. The number of nitrogens with one attached hydrogen (secondary N) is 1. The molecule has 1 saturated carbocycles. The van der Waals surface area contributed by atoms with Crippen molar-refractivity contribution in [2.75, 3.05) is 0 Å². The van der Waals surface area contributed by atoms with Gasteiger partial charge in [-0.2, -0.15) is 5.10 Å². The highest BCUT2D eigenvalue weighted by Crippen LogP contribution is 2.30. The third kappa shape index (κ3) is 3.11. The number of rotatable bonds is 3. The average molecular weight is 290 g/mol. The topological polar surface area (TPSA) is 59.8 Å². The number of nitrogens with zero attached hydrogens (tertiary/aromatic N) is 3. The van der Waals surface area contributed by atoms with Crippen LogP contribution >= 0.6 is 0 Å². The Morgan fingerprint density at radius 2 is 2.14 bits per heavy atom. The van der Waals surface area contributed by atoms with Crippen LogP contribution in [0.3, 0.4) is 0 Å². The van der Waals surface area contributed by atoms with Gasteiger partial charge in [-0.3, -0.25) is 4.79 Å². The summed E-state index contributed by atoms with van der Waals surface area (Å²) < 4.78 is 1.98. The summed E-state index contributed by atoms with van der Waals surface area (Å²) in [4.78, 5) is 17.0. The smallest absolute Gasteiger partial charge is 0.223 e. The van der Waals surface area contributed by atoms with Crippen LogP contribution < -0.4 is 5.32 Å². The highest BCUT2D eigenvalue weighted by molar-refractivity contribution is 5.79. The molecule has 5 nitrogen and oxygen atoms in total. The quantitative estimate of drug-likeness (QED) is 0.927. The van der Waals surface area contributed by atoms with E-state index in [1.54, 1.807) is 0 Å². The first kappa shape index (κ1) is 14.5. The molecule has 5 heteroatoms. The summed E-state index contributed by atoms with van der Waals surface area (Å²) in [6.45, 7) is 5.06. The zero-order valence-electron chi connectivity index (χ0n) is 13.1. The van der Waals surface area contributed by atoms with Crippen LogP contribution in [0.15, 0.2) is 0 Å². The van der Waals surface area contributed by atoms with Crippen LogP contribution in [0.1, 0.15) is 57.6 Å². The number of aromatic nitrogens is 3. The van der Waals surface area contributed by atoms with Crippen LogP contribution in [0.2, 0.25) is 0 Å². The third-order valence-electron chi connectivity index (χ3n) is 5.01. The Morgan fingerprint density at radius 1 is 1.33 bits per heavy atom. The average Bonchev–Trinajstić information content (AvgIpc) is 2.90. The van der Waals surface area contributed by atoms with Gasteiger partial charge in [-0.25, -0.2) is 9.67 Å². The summed E-state index contributed by atoms with van der Waals surface area (Å²) in [5, 5.41) is 7.77. The van der Waals surface area contributed by atoms with Gasteiger partial charge in [0.2, 0.25) is 5.91 Å². The van der Waals surface area contributed by atoms with E-state index in [-0.39, 0.29) is 17.9 Å². The molecule has 1 N–H and O–H groups in total. The van der Waals surface area contributed by atoms with E-state index in [0.29, 0.717) is 5.92 Å². The van der Waals surface area contributed by atoms with Crippen molar-refractivity contribution in [1.82, 2.24) is 20.1 Å². The molecule has 1 aromatic heterocycles. The van der Waals surface area contributed by atoms with E-state index in [0.717, 1.165) is 43.9 Å². The van der Waals surface area contributed by atoms with Crippen molar-refractivity contribution >= 4 is 5.91 Å². The maximum atomic E-state index is 12.5. The van der Waals surface area contributed by atoms with E-state index in [1.165, 1.54) is 19.3 Å². The number of hydrogen-bond acceptors (Lipinski definition) is 3. The Balaban J connectivity index is 1.60. The molecule has 0 aromatic carbocycles. The van der Waals surface area contributed by atoms with Crippen LogP contribution in [0.5, 0.6) is 0 Å². The summed E-state index contributed by atoms with van der Waals surface area (Å²) in [6.07, 6.45) is 7.48. The normalized spacial score (nSPS) is 29.0. The van der Waals surface area contributed by atoms with Crippen LogP contribution in [-0.4, -0.2) is 26.7 Å². The molecule has 1 amide bonds. The predicted molar refractivity (Wildman–Crippen MR) is 80.8 cm³/mol. The molecule has 0 saturated heterocycles. The minimum Gasteiger partial charge on any atom is -0.351 e. The van der Waals surface area contributed by atoms with Gasteiger partial charge in [-0.1, -0.05) is 26.7 Å². The lowest BCUT2D eigenvalue weighted by Crippen LogP contribution is -2.45. The van der Waals surface area contributed by atoms with Gasteiger partial charge in [0.05, 0.1) is 6.54 Å². The predicted octanol–water partition coefficient (Wildman–Crippen LogP) is 2.10. The summed E-state index contributed by atoms with van der Waals surface area (Å²) in [5.74, 6) is 2.98. The lowest BCUT2D eigenvalue weighted by Gasteiger charge is -2.30. The number of hydrogen-bond donors (Lipinski definition) is 1. The number of fused-ring (bicyclic) bond motifs is 1. The van der Waals surface area contributed by atoms with Crippen molar-refractivity contribution in [3.8, 4) is 0 Å². The lowest BCUT2D eigenvalue weighted by atomic mass is 9.80. The largest absolute Gasteiger partial charge is 0.351 e. The zero-order valence-corrected chi connectivity index (χ0v) is 13.1. The number of carbonyl (C=O) groups excluding carboxylic acids is 1. The van der Waals surface area contributed by atoms with Crippen molar-refractivity contribution in [3.63, 3.8) is 0 Å². The van der Waals surface area contributed by atoms with E-state index in [2.05, 4.69) is 29.2 Å². The first-order chi connectivity index (χ1) is 10.2. The molecule has 21 heavy (non-hydrogen) atoms. The third-order valence-corrected chi connectivity index (χ3v) is 5.01. The molecule has 1 fully saturated rings. The second-order valence-electron chi connectivity index (χ2n) is 6.59. The van der Waals surface area contributed by atoms with Crippen LogP contribution in [0, 0.1) is 11.8 Å². The second kappa shape index (κ2) is 6.16. The first-order valence-electron chi connectivity index (χ1n) is 8.40. The molecule has 3 atom stereocenters. The summed E-state index contributed by atoms with van der Waals surface area (Å²) in [7, 11) is 0. The number of carbonyl (C=O) groups is 1. The van der Waals surface area contributed by atoms with Crippen molar-refractivity contribution in [3.05, 3.63) is 11.6 Å². The van der Waals surface area contributed by atoms with Gasteiger partial charge in [0.15, 0.2) is 5.82 Å². The molecule has 3 rings (SSSR count). The molecule has 0 radical (unpaired) electrons. The monoisotopic (exact) mass is 290 g/mol. The van der Waals surface area contributed by atoms with Gasteiger partial charge in [0.25, 0.3) is 0 Å². The summed E-state index contributed by atoms with van der Waals surface area (Å²) in [5.41, 5.74) is 0. The van der Waals surface area contributed by atoms with Gasteiger partial charge in [0.1, 0.15) is 5.82 Å². The molecule has 0 bridgehead atoms. The van der Waals surface area contributed by atoms with Gasteiger partial charge in [-0.05, 0) is 25.2 Å². The zero-order chi connectivity index (χ0) is 14.8. The van der Waals surface area contributed by atoms with E-state index >= 15 is 0 Å². The fourth-order valence-corrected chi connectivity index (χ4v) is 3.64. The molecule has 1 aromatic rings. The number of aryl methyl sites for hydroxylation is 2. The SMILES string of the molecule is CCc1nc2n(n1)CC(NC(=O)C1CCCCC1C)CC2. The lowest BCUT2D eigenvalue weighted by molar-refractivity contribution is -0.128. The number of amides is 1. The van der Waals surface area contributed by atoms with Gasteiger partial charge in [-0.15, -0.1) is 0 Å². The van der Waals surface area contributed by atoms with Gasteiger partial charge < -0.3 is 5.32 Å². The summed E-state index contributed by atoms with van der Waals surface area (Å²) >= 11 is 0. The van der Waals surface area contributed by atoms with Crippen LogP contribution in [0.4, 0.5) is 0 Å². The van der Waals surface area contributed by atoms with E-state index in [1.807, 2.05) is 4.68 Å². The first-order valence-corrected chi connectivity index (χ1v) is 8.40. The molecule has 1 aliphatic heterocycles. The maximum Gasteiger partial charge on any atom is 0.223 e. The molecule has 1 aliphatic carbocycles. The molecule has 0 spiro atoms. The molecule has 2 heterocycles. The van der Waals surface area contributed by atoms with E-state index in [9.17, 15) is 4.79 Å². The second-order valence-corrected chi connectivity index (χ2v) is 6.59. The van der Waals surface area contributed by atoms with Gasteiger partial charge in [0, 0.05) is 24.8 Å².